The van der Waals surface area contributed by atoms with Gasteiger partial charge < -0.3 is 15.2 Å². The summed E-state index contributed by atoms with van der Waals surface area (Å²) in [6.45, 7) is 2.01. The number of benzene rings is 1. The highest BCUT2D eigenvalue weighted by Gasteiger charge is 2.37. The van der Waals surface area contributed by atoms with Crippen LogP contribution in [0.15, 0.2) is 23.1 Å². The van der Waals surface area contributed by atoms with Crippen LogP contribution in [0.4, 0.5) is 5.13 Å². The van der Waals surface area contributed by atoms with Gasteiger partial charge >= 0.3 is 0 Å². The summed E-state index contributed by atoms with van der Waals surface area (Å²) in [5, 5.41) is 13.1. The molecule has 10 heteroatoms. The molecule has 1 amide bonds. The van der Waals surface area contributed by atoms with E-state index in [1.165, 1.54) is 22.8 Å². The van der Waals surface area contributed by atoms with E-state index >= 15 is 0 Å². The zero-order valence-corrected chi connectivity index (χ0v) is 20.0. The summed E-state index contributed by atoms with van der Waals surface area (Å²) in [6, 6.07) is 4.62. The van der Waals surface area contributed by atoms with Crippen molar-refractivity contribution in [3.63, 3.8) is 0 Å². The summed E-state index contributed by atoms with van der Waals surface area (Å²) in [5.41, 5.74) is 1.42. The summed E-state index contributed by atoms with van der Waals surface area (Å²) < 4.78 is 33.6. The minimum atomic E-state index is -3.85. The number of carbonyl (C=O) groups is 1. The third-order valence-corrected chi connectivity index (χ3v) is 9.39. The topological polar surface area (TPSA) is 109 Å². The number of hydrogen-bond acceptors (Lipinski definition) is 7. The Labute approximate surface area is 192 Å². The molecule has 1 atom stereocenters. The Morgan fingerprint density at radius 1 is 1.28 bits per heavy atom. The first-order chi connectivity index (χ1) is 15.3. The molecule has 0 bridgehead atoms. The van der Waals surface area contributed by atoms with Crippen molar-refractivity contribution in [3.05, 3.63) is 23.9 Å². The molecular formula is C22H29N3O5S2. The molecule has 0 radical (unpaired) electrons. The number of carbonyl (C=O) groups excluding carboxylic acids is 1. The average Bonchev–Trinajstić information content (AvgIpc) is 3.54. The van der Waals surface area contributed by atoms with Crippen LogP contribution in [0.2, 0.25) is 0 Å². The fourth-order valence-corrected chi connectivity index (χ4v) is 7.40. The van der Waals surface area contributed by atoms with E-state index in [-0.39, 0.29) is 29.1 Å². The molecule has 2 aliphatic rings. The van der Waals surface area contributed by atoms with Gasteiger partial charge in [0.15, 0.2) is 5.13 Å². The van der Waals surface area contributed by atoms with Crippen LogP contribution in [0, 0.1) is 12.8 Å². The van der Waals surface area contributed by atoms with Crippen LogP contribution >= 0.6 is 11.3 Å². The maximum atomic E-state index is 13.4. The van der Waals surface area contributed by atoms with E-state index in [4.69, 9.17) is 4.74 Å². The van der Waals surface area contributed by atoms with Gasteiger partial charge in [-0.15, -0.1) is 0 Å². The molecule has 1 aromatic heterocycles. The first-order valence-electron chi connectivity index (χ1n) is 10.9. The fourth-order valence-electron chi connectivity index (χ4n) is 4.57. The minimum absolute atomic E-state index is 0.00452. The average molecular weight is 480 g/mol. The molecule has 8 nitrogen and oxygen atoms in total. The molecule has 0 spiro atoms. The van der Waals surface area contributed by atoms with Gasteiger partial charge in [-0.3, -0.25) is 4.79 Å². The largest absolute Gasteiger partial charge is 0.495 e. The lowest BCUT2D eigenvalue weighted by Gasteiger charge is -2.23. The number of nitrogens with one attached hydrogen (secondary N) is 1. The highest BCUT2D eigenvalue weighted by molar-refractivity contribution is 7.89. The van der Waals surface area contributed by atoms with Crippen LogP contribution in [0.1, 0.15) is 44.2 Å². The normalized spacial score (nSPS) is 20.0. The number of hydrogen-bond donors (Lipinski definition) is 2. The van der Waals surface area contributed by atoms with E-state index in [1.807, 2.05) is 6.92 Å². The van der Waals surface area contributed by atoms with Crippen LogP contribution in [-0.2, 0) is 14.8 Å². The lowest BCUT2D eigenvalue weighted by molar-refractivity contribution is -0.119. The summed E-state index contributed by atoms with van der Waals surface area (Å²) in [6.07, 6.45) is 5.33. The number of aromatic nitrogens is 1. The fraction of sp³-hybridized carbons (Fsp3) is 0.545. The van der Waals surface area contributed by atoms with Gasteiger partial charge in [-0.1, -0.05) is 24.2 Å². The number of aliphatic hydroxyl groups excluding tert-OH is 1. The Morgan fingerprint density at radius 3 is 2.72 bits per heavy atom. The number of thiazole rings is 1. The molecule has 2 N–H and O–H groups in total. The van der Waals surface area contributed by atoms with Crippen LogP contribution in [0.3, 0.4) is 0 Å². The van der Waals surface area contributed by atoms with E-state index < -0.39 is 16.1 Å². The van der Waals surface area contributed by atoms with Crippen LogP contribution in [-0.4, -0.2) is 55.0 Å². The molecule has 1 aliphatic carbocycles. The summed E-state index contributed by atoms with van der Waals surface area (Å²) >= 11 is 1.34. The van der Waals surface area contributed by atoms with Crippen molar-refractivity contribution in [1.82, 2.24) is 9.29 Å². The van der Waals surface area contributed by atoms with Crippen molar-refractivity contribution in [2.75, 3.05) is 25.6 Å². The third-order valence-electron chi connectivity index (χ3n) is 6.30. The number of anilines is 1. The van der Waals surface area contributed by atoms with Crippen molar-refractivity contribution in [1.29, 1.82) is 0 Å². The van der Waals surface area contributed by atoms with E-state index in [1.54, 1.807) is 18.2 Å². The molecule has 1 aromatic carbocycles. The summed E-state index contributed by atoms with van der Waals surface area (Å²) in [4.78, 5) is 17.8. The second-order valence-electron chi connectivity index (χ2n) is 8.36. The summed E-state index contributed by atoms with van der Waals surface area (Å²) in [5.74, 6) is 0.305. The van der Waals surface area contributed by atoms with Crippen molar-refractivity contribution >= 4 is 32.4 Å². The third kappa shape index (κ3) is 4.41. The monoisotopic (exact) mass is 479 g/mol. The van der Waals surface area contributed by atoms with E-state index in [0.29, 0.717) is 30.1 Å². The smallest absolute Gasteiger partial charge is 0.247 e. The Morgan fingerprint density at radius 2 is 2.03 bits per heavy atom. The maximum Gasteiger partial charge on any atom is 0.247 e. The molecule has 4 rings (SSSR count). The van der Waals surface area contributed by atoms with Crippen LogP contribution in [0.5, 0.6) is 5.75 Å². The number of nitrogens with zero attached hydrogens (tertiary/aromatic N) is 2. The highest BCUT2D eigenvalue weighted by atomic mass is 32.2. The Balaban J connectivity index is 1.65. The lowest BCUT2D eigenvalue weighted by Crippen LogP contribution is -2.37. The van der Waals surface area contributed by atoms with Gasteiger partial charge in [0, 0.05) is 18.5 Å². The van der Waals surface area contributed by atoms with Crippen molar-refractivity contribution in [3.8, 4) is 16.2 Å². The molecule has 32 heavy (non-hydrogen) atoms. The number of aliphatic hydroxyl groups is 1. The molecule has 2 aromatic rings. The van der Waals surface area contributed by atoms with Crippen molar-refractivity contribution in [2.24, 2.45) is 5.92 Å². The van der Waals surface area contributed by atoms with Crippen LogP contribution in [0.25, 0.3) is 10.4 Å². The van der Waals surface area contributed by atoms with Gasteiger partial charge in [0.05, 0.1) is 24.3 Å². The maximum absolute atomic E-state index is 13.4. The number of amides is 1. The predicted molar refractivity (Wildman–Crippen MR) is 123 cm³/mol. The van der Waals surface area contributed by atoms with E-state index in [9.17, 15) is 18.3 Å². The molecule has 1 saturated heterocycles. The van der Waals surface area contributed by atoms with Crippen molar-refractivity contribution < 1.29 is 23.1 Å². The van der Waals surface area contributed by atoms with Crippen molar-refractivity contribution in [2.45, 2.75) is 56.4 Å². The standard InChI is InChI=1S/C22H29N3O5S2/c1-14-20(31-22(23-14)24-21(27)15-6-3-4-7-15)16-9-10-18(30-2)19(12-16)32(28,29)25-11-5-8-17(25)13-26/h9-10,12,15,17,26H,3-8,11,13H2,1-2H3,(H,23,24,27)/t17-/m1/s1. The van der Waals surface area contributed by atoms with Gasteiger partial charge in [0.2, 0.25) is 15.9 Å². The zero-order chi connectivity index (χ0) is 22.9. The first-order valence-corrected chi connectivity index (χ1v) is 13.2. The summed E-state index contributed by atoms with van der Waals surface area (Å²) in [7, 11) is -2.41. The van der Waals surface area contributed by atoms with Gasteiger partial charge in [0.25, 0.3) is 0 Å². The number of aryl methyl sites for hydroxylation is 1. The van der Waals surface area contributed by atoms with Gasteiger partial charge in [-0.25, -0.2) is 13.4 Å². The highest BCUT2D eigenvalue weighted by Crippen LogP contribution is 2.39. The number of ether oxygens (including phenoxy) is 1. The Kier molecular flexibility index (Phi) is 6.85. The number of rotatable bonds is 7. The molecule has 2 fully saturated rings. The SMILES string of the molecule is COc1ccc(-c2sc(NC(=O)C3CCCC3)nc2C)cc1S(=O)(=O)N1CCC[C@@H]1CO. The van der Waals surface area contributed by atoms with Crippen LogP contribution < -0.4 is 10.1 Å². The minimum Gasteiger partial charge on any atom is -0.495 e. The molecule has 2 heterocycles. The Bertz CT molecular complexity index is 1090. The molecular weight excluding hydrogens is 450 g/mol. The molecule has 1 aliphatic heterocycles. The predicted octanol–water partition coefficient (Wildman–Crippen LogP) is 3.40. The number of methoxy groups -OCH3 is 1. The lowest BCUT2D eigenvalue weighted by atomic mass is 10.1. The second kappa shape index (κ2) is 9.46. The Hall–Kier alpha value is -2.01. The zero-order valence-electron chi connectivity index (χ0n) is 18.3. The second-order valence-corrected chi connectivity index (χ2v) is 11.2. The van der Waals surface area contributed by atoms with Gasteiger partial charge in [-0.2, -0.15) is 4.31 Å². The first kappa shape index (κ1) is 23.2. The quantitative estimate of drug-likeness (QED) is 0.630. The van der Waals surface area contributed by atoms with Gasteiger partial charge in [0.1, 0.15) is 10.6 Å². The number of sulfonamides is 1. The molecule has 0 unspecified atom stereocenters. The van der Waals surface area contributed by atoms with E-state index in [2.05, 4.69) is 10.3 Å². The molecule has 174 valence electrons. The van der Waals surface area contributed by atoms with Gasteiger partial charge in [-0.05, 0) is 56.4 Å². The molecule has 1 saturated carbocycles. The van der Waals surface area contributed by atoms with E-state index in [0.717, 1.165) is 36.3 Å².